The van der Waals surface area contributed by atoms with Crippen molar-refractivity contribution >= 4 is 29.4 Å². The summed E-state index contributed by atoms with van der Waals surface area (Å²) in [5.74, 6) is -1.15. The lowest BCUT2D eigenvalue weighted by molar-refractivity contribution is -0.233. The van der Waals surface area contributed by atoms with Gasteiger partial charge in [-0.1, -0.05) is 60.6 Å². The molecule has 0 radical (unpaired) electrons. The van der Waals surface area contributed by atoms with Gasteiger partial charge in [0.05, 0.1) is 24.4 Å². The van der Waals surface area contributed by atoms with Crippen molar-refractivity contribution in [2.45, 2.75) is 139 Å². The van der Waals surface area contributed by atoms with Gasteiger partial charge in [0, 0.05) is 18.4 Å². The summed E-state index contributed by atoms with van der Waals surface area (Å²) >= 11 is 0. The van der Waals surface area contributed by atoms with Gasteiger partial charge in [-0.15, -0.1) is 0 Å². The molecule has 296 valence electrons. The van der Waals surface area contributed by atoms with Crippen LogP contribution < -0.4 is 10.1 Å². The predicted molar refractivity (Wildman–Crippen MR) is 205 cm³/mol. The number of allylic oxidation sites excluding steroid dienone is 2. The van der Waals surface area contributed by atoms with Crippen molar-refractivity contribution in [1.29, 1.82) is 0 Å². The lowest BCUT2D eigenvalue weighted by Gasteiger charge is -2.72. The van der Waals surface area contributed by atoms with Crippen molar-refractivity contribution in [3.8, 4) is 5.75 Å². The molecule has 5 aliphatic carbocycles. The van der Waals surface area contributed by atoms with Crippen LogP contribution in [0, 0.1) is 56.2 Å². The largest absolute Gasteiger partial charge is 0.497 e. The number of hydrogen-bond acceptors (Lipinski definition) is 7. The number of carbonyl (C=O) groups is 5. The van der Waals surface area contributed by atoms with Crippen LogP contribution in [0.1, 0.15) is 132 Å². The number of fused-ring (bicyclic) bond motifs is 7. The van der Waals surface area contributed by atoms with E-state index >= 15 is 0 Å². The Hall–Kier alpha value is -3.49. The number of ketones is 2. The molecule has 0 heterocycles. The van der Waals surface area contributed by atoms with E-state index in [2.05, 4.69) is 39.9 Å². The van der Waals surface area contributed by atoms with Gasteiger partial charge in [-0.3, -0.25) is 24.0 Å². The van der Waals surface area contributed by atoms with Gasteiger partial charge in [-0.25, -0.2) is 0 Å². The van der Waals surface area contributed by atoms with E-state index in [1.165, 1.54) is 0 Å². The lowest BCUT2D eigenvalue weighted by atomic mass is 9.33. The maximum atomic E-state index is 14.5. The number of rotatable bonds is 10. The highest BCUT2D eigenvalue weighted by atomic mass is 16.5. The molecule has 5 aliphatic rings. The number of benzene rings is 1. The van der Waals surface area contributed by atoms with Gasteiger partial charge >= 0.3 is 11.9 Å². The minimum Gasteiger partial charge on any atom is -0.497 e. The molecule has 0 bridgehead atoms. The van der Waals surface area contributed by atoms with Crippen LogP contribution in [0.4, 0.5) is 0 Å². The van der Waals surface area contributed by atoms with Gasteiger partial charge in [0.1, 0.15) is 11.9 Å². The second kappa shape index (κ2) is 13.6. The Morgan fingerprint density at radius 2 is 1.56 bits per heavy atom. The van der Waals surface area contributed by atoms with Crippen molar-refractivity contribution in [3.05, 3.63) is 41.0 Å². The van der Waals surface area contributed by atoms with Gasteiger partial charge in [-0.05, 0) is 134 Å². The minimum absolute atomic E-state index is 0.0137. The van der Waals surface area contributed by atoms with Crippen LogP contribution >= 0.6 is 0 Å². The molecular formula is C45H63NO8. The first kappa shape index (κ1) is 40.2. The molecule has 1 aromatic carbocycles. The number of methoxy groups -OCH3 is 1. The molecule has 1 aromatic rings. The fraction of sp³-hybridized carbons (Fsp3) is 0.711. The third-order valence-electron chi connectivity index (χ3n) is 16.1. The molecule has 2 N–H and O–H groups in total. The molecule has 0 saturated heterocycles. The molecule has 0 unspecified atom stereocenters. The molecule has 9 heteroatoms. The van der Waals surface area contributed by atoms with E-state index in [9.17, 15) is 29.1 Å². The van der Waals surface area contributed by atoms with E-state index in [0.717, 1.165) is 61.7 Å². The highest BCUT2D eigenvalue weighted by molar-refractivity contribution is 6.40. The monoisotopic (exact) mass is 745 g/mol. The molecule has 4 fully saturated rings. The average molecular weight is 746 g/mol. The molecule has 8 atom stereocenters. The second-order valence-electron chi connectivity index (χ2n) is 19.8. The van der Waals surface area contributed by atoms with Gasteiger partial charge in [0.15, 0.2) is 5.78 Å². The molecule has 9 nitrogen and oxygen atoms in total. The molecule has 6 rings (SSSR count). The van der Waals surface area contributed by atoms with Crippen molar-refractivity contribution in [3.63, 3.8) is 0 Å². The van der Waals surface area contributed by atoms with E-state index in [-0.39, 0.29) is 64.8 Å². The predicted octanol–water partition coefficient (Wildman–Crippen LogP) is 8.27. The van der Waals surface area contributed by atoms with E-state index in [0.29, 0.717) is 24.0 Å². The number of ether oxygens (including phenoxy) is 2. The number of esters is 1. The number of carbonyl (C=O) groups excluding carboxylic acids is 4. The van der Waals surface area contributed by atoms with E-state index in [1.807, 2.05) is 38.1 Å². The standard InChI is InChI=1S/C45H63NO8/c1-26(2)35-30(47)23-45(37(49)38(50)46-25-27-11-13-28(53-10)14-12-27)22-21-43(8)29(36(35)45)15-16-32-42(7)19-18-33(54-34(48)24-40(3,4)39(51)52)41(5,6)31(42)17-20-44(32,43)9/h11-14,26,29,31-33H,15-25H2,1-10H3,(H,46,50)(H,51,52)/t29-,31+,32-,33+,42+,43-,44-,45-/m1/s1. The van der Waals surface area contributed by atoms with Gasteiger partial charge in [0.25, 0.3) is 5.91 Å². The number of hydrogen-bond donors (Lipinski definition) is 2. The maximum Gasteiger partial charge on any atom is 0.309 e. The number of nitrogens with one attached hydrogen (secondary N) is 1. The SMILES string of the molecule is COc1ccc(CNC(=O)C(=O)[C@@]23CC[C@]4(C)[C@H](CC[C@@H]5[C@@]6(C)CC[C@H](OC(=O)CC(C)(C)C(=O)O)C(C)(C)[C@@H]6CC[C@]54C)C2=C(C(C)C)C(=O)C3)cc1. The summed E-state index contributed by atoms with van der Waals surface area (Å²) < 4.78 is 11.4. The average Bonchev–Trinajstić information content (AvgIpc) is 3.41. The van der Waals surface area contributed by atoms with Crippen molar-refractivity contribution in [2.24, 2.45) is 56.2 Å². The van der Waals surface area contributed by atoms with E-state index < -0.39 is 34.5 Å². The smallest absolute Gasteiger partial charge is 0.309 e. The Morgan fingerprint density at radius 3 is 2.17 bits per heavy atom. The first-order valence-corrected chi connectivity index (χ1v) is 20.3. The maximum absolute atomic E-state index is 14.5. The molecule has 1 amide bonds. The number of amides is 1. The van der Waals surface area contributed by atoms with Crippen LogP contribution in [-0.4, -0.2) is 47.7 Å². The third kappa shape index (κ3) is 6.05. The van der Waals surface area contributed by atoms with Gasteiger partial charge < -0.3 is 19.9 Å². The summed E-state index contributed by atoms with van der Waals surface area (Å²) in [7, 11) is 1.60. The number of Topliss-reactive ketones (excluding diaryl/α,β-unsaturated/α-hetero) is 2. The summed E-state index contributed by atoms with van der Waals surface area (Å²) in [4.78, 5) is 67.1. The van der Waals surface area contributed by atoms with E-state index in [4.69, 9.17) is 9.47 Å². The fourth-order valence-electron chi connectivity index (χ4n) is 12.9. The Bertz CT molecular complexity index is 1760. The minimum atomic E-state index is -1.19. The summed E-state index contributed by atoms with van der Waals surface area (Å²) in [6, 6.07) is 7.39. The Morgan fingerprint density at radius 1 is 0.889 bits per heavy atom. The second-order valence-corrected chi connectivity index (χ2v) is 19.8. The molecule has 0 aromatic heterocycles. The first-order chi connectivity index (χ1) is 25.1. The van der Waals surface area contributed by atoms with Crippen LogP contribution in [0.3, 0.4) is 0 Å². The molecule has 4 saturated carbocycles. The van der Waals surface area contributed by atoms with Crippen LogP contribution in [0.15, 0.2) is 35.4 Å². The Labute approximate surface area is 321 Å². The van der Waals surface area contributed by atoms with Crippen molar-refractivity contribution < 1.29 is 38.6 Å². The zero-order valence-corrected chi connectivity index (χ0v) is 34.3. The van der Waals surface area contributed by atoms with Crippen molar-refractivity contribution in [2.75, 3.05) is 7.11 Å². The fourth-order valence-corrected chi connectivity index (χ4v) is 12.9. The summed E-state index contributed by atoms with van der Waals surface area (Å²) in [5, 5.41) is 12.5. The van der Waals surface area contributed by atoms with Crippen LogP contribution in [0.5, 0.6) is 5.75 Å². The number of aliphatic carboxylic acids is 1. The highest BCUT2D eigenvalue weighted by Crippen LogP contribution is 2.76. The highest BCUT2D eigenvalue weighted by Gasteiger charge is 2.71. The van der Waals surface area contributed by atoms with Crippen LogP contribution in [-0.2, 0) is 35.3 Å². The normalized spacial score (nSPS) is 35.6. The topological polar surface area (TPSA) is 136 Å². The van der Waals surface area contributed by atoms with Gasteiger partial charge in [0.2, 0.25) is 5.78 Å². The molecule has 54 heavy (non-hydrogen) atoms. The number of carboxylic acid groups (broad SMARTS) is 1. The molecular weight excluding hydrogens is 682 g/mol. The molecule has 0 spiro atoms. The third-order valence-corrected chi connectivity index (χ3v) is 16.1. The van der Waals surface area contributed by atoms with E-state index in [1.54, 1.807) is 21.0 Å². The Kier molecular flexibility index (Phi) is 10.1. The number of carboxylic acids is 1. The summed E-state index contributed by atoms with van der Waals surface area (Å²) in [6.45, 7) is 19.2. The zero-order chi connectivity index (χ0) is 39.8. The zero-order valence-electron chi connectivity index (χ0n) is 34.3. The summed E-state index contributed by atoms with van der Waals surface area (Å²) in [6.07, 6.45) is 6.32. The summed E-state index contributed by atoms with van der Waals surface area (Å²) in [5.41, 5.74) is -0.251. The molecule has 0 aliphatic heterocycles. The Balaban J connectivity index is 1.27. The van der Waals surface area contributed by atoms with Crippen LogP contribution in [0.2, 0.25) is 0 Å². The van der Waals surface area contributed by atoms with Crippen LogP contribution in [0.25, 0.3) is 0 Å². The lowest BCUT2D eigenvalue weighted by Crippen LogP contribution is -2.66. The first-order valence-electron chi connectivity index (χ1n) is 20.3. The quantitative estimate of drug-likeness (QED) is 0.181. The van der Waals surface area contributed by atoms with Gasteiger partial charge in [-0.2, -0.15) is 0 Å². The van der Waals surface area contributed by atoms with Crippen molar-refractivity contribution in [1.82, 2.24) is 5.32 Å².